The predicted molar refractivity (Wildman–Crippen MR) is 107 cm³/mol. The normalized spacial score (nSPS) is 14.4. The molecule has 0 saturated carbocycles. The first-order valence-electron chi connectivity index (χ1n) is 9.07. The largest absolute Gasteiger partial charge is 0.497 e. The van der Waals surface area contributed by atoms with Crippen molar-refractivity contribution in [1.82, 2.24) is 14.9 Å². The monoisotopic (exact) mass is 382 g/mol. The van der Waals surface area contributed by atoms with Crippen LogP contribution in [0.25, 0.3) is 11.0 Å². The van der Waals surface area contributed by atoms with Gasteiger partial charge in [0.15, 0.2) is 0 Å². The van der Waals surface area contributed by atoms with Crippen molar-refractivity contribution in [2.75, 3.05) is 45.3 Å². The second-order valence-corrected chi connectivity index (χ2v) is 6.69. The highest BCUT2D eigenvalue weighted by Crippen LogP contribution is 2.25. The van der Waals surface area contributed by atoms with Gasteiger partial charge >= 0.3 is 5.69 Å². The molecule has 0 radical (unpaired) electrons. The number of amides is 1. The maximum absolute atomic E-state index is 12.9. The standard InChI is InChI=1S/C20H22N4O4/c1-27-15-9-13(10-16(12-15)28-2)19(25)24-7-5-23(6-8-24)14-3-4-17-18(11-14)22-20(26)21-17/h3-4,9-12H,5-8H2,1-2H3,(H2,21,22,26). The molecule has 0 bridgehead atoms. The van der Waals surface area contributed by atoms with Crippen LogP contribution < -0.4 is 20.1 Å². The summed E-state index contributed by atoms with van der Waals surface area (Å²) in [6.45, 7) is 2.65. The highest BCUT2D eigenvalue weighted by molar-refractivity contribution is 5.95. The van der Waals surface area contributed by atoms with E-state index in [0.29, 0.717) is 43.2 Å². The number of benzene rings is 2. The first kappa shape index (κ1) is 18.0. The SMILES string of the molecule is COc1cc(OC)cc(C(=O)N2CCN(c3ccc4[nH]c(=O)[nH]c4c3)CC2)c1. The highest BCUT2D eigenvalue weighted by atomic mass is 16.5. The summed E-state index contributed by atoms with van der Waals surface area (Å²) in [6.07, 6.45) is 0. The lowest BCUT2D eigenvalue weighted by atomic mass is 10.1. The van der Waals surface area contributed by atoms with Gasteiger partial charge in [0, 0.05) is 43.5 Å². The number of nitrogens with one attached hydrogen (secondary N) is 2. The van der Waals surface area contributed by atoms with E-state index < -0.39 is 0 Å². The van der Waals surface area contributed by atoms with Crippen LogP contribution in [0, 0.1) is 0 Å². The van der Waals surface area contributed by atoms with Gasteiger partial charge in [-0.3, -0.25) is 4.79 Å². The average molecular weight is 382 g/mol. The van der Waals surface area contributed by atoms with Gasteiger partial charge in [0.05, 0.1) is 25.3 Å². The number of carbonyl (C=O) groups excluding carboxylic acids is 1. The molecule has 1 aromatic heterocycles. The van der Waals surface area contributed by atoms with E-state index >= 15 is 0 Å². The van der Waals surface area contributed by atoms with E-state index in [0.717, 1.165) is 16.7 Å². The van der Waals surface area contributed by atoms with Crippen molar-refractivity contribution in [2.24, 2.45) is 0 Å². The summed E-state index contributed by atoms with van der Waals surface area (Å²) >= 11 is 0. The number of imidazole rings is 1. The van der Waals surface area contributed by atoms with E-state index in [9.17, 15) is 9.59 Å². The van der Waals surface area contributed by atoms with Crippen LogP contribution in [0.2, 0.25) is 0 Å². The number of hydrogen-bond donors (Lipinski definition) is 2. The second kappa shape index (κ2) is 7.30. The summed E-state index contributed by atoms with van der Waals surface area (Å²) < 4.78 is 10.5. The van der Waals surface area contributed by atoms with E-state index in [2.05, 4.69) is 14.9 Å². The van der Waals surface area contributed by atoms with Crippen LogP contribution in [0.4, 0.5) is 5.69 Å². The van der Waals surface area contributed by atoms with Crippen LogP contribution in [0.1, 0.15) is 10.4 Å². The minimum atomic E-state index is -0.212. The molecule has 0 unspecified atom stereocenters. The topological polar surface area (TPSA) is 90.7 Å². The third-order valence-corrected chi connectivity index (χ3v) is 5.03. The van der Waals surface area contributed by atoms with E-state index in [1.807, 2.05) is 23.1 Å². The molecule has 1 aliphatic rings. The Labute approximate surface area is 161 Å². The smallest absolute Gasteiger partial charge is 0.323 e. The van der Waals surface area contributed by atoms with Crippen molar-refractivity contribution in [2.45, 2.75) is 0 Å². The van der Waals surface area contributed by atoms with Crippen molar-refractivity contribution in [3.8, 4) is 11.5 Å². The number of nitrogens with zero attached hydrogens (tertiary/aromatic N) is 2. The fourth-order valence-corrected chi connectivity index (χ4v) is 3.50. The molecule has 4 rings (SSSR count). The number of methoxy groups -OCH3 is 2. The minimum Gasteiger partial charge on any atom is -0.497 e. The summed E-state index contributed by atoms with van der Waals surface area (Å²) in [5, 5.41) is 0. The lowest BCUT2D eigenvalue weighted by molar-refractivity contribution is 0.0746. The number of carbonyl (C=O) groups is 1. The molecule has 0 aliphatic carbocycles. The Hall–Kier alpha value is -3.42. The molecule has 2 N–H and O–H groups in total. The molecule has 1 saturated heterocycles. The van der Waals surface area contributed by atoms with Gasteiger partial charge in [-0.05, 0) is 30.3 Å². The zero-order valence-electron chi connectivity index (χ0n) is 15.8. The molecule has 28 heavy (non-hydrogen) atoms. The lowest BCUT2D eigenvalue weighted by Crippen LogP contribution is -2.48. The molecule has 1 fully saturated rings. The third kappa shape index (κ3) is 3.40. The zero-order valence-corrected chi connectivity index (χ0v) is 15.8. The summed E-state index contributed by atoms with van der Waals surface area (Å²) in [5.74, 6) is 1.15. The Morgan fingerprint density at radius 3 is 2.18 bits per heavy atom. The number of anilines is 1. The van der Waals surface area contributed by atoms with Gasteiger partial charge in [-0.1, -0.05) is 0 Å². The van der Waals surface area contributed by atoms with Crippen molar-refractivity contribution >= 4 is 22.6 Å². The molecule has 1 amide bonds. The first-order valence-corrected chi connectivity index (χ1v) is 9.07. The fourth-order valence-electron chi connectivity index (χ4n) is 3.50. The number of aromatic amines is 2. The van der Waals surface area contributed by atoms with Gasteiger partial charge in [0.1, 0.15) is 11.5 Å². The van der Waals surface area contributed by atoms with E-state index in [-0.39, 0.29) is 11.6 Å². The molecule has 0 spiro atoms. The number of aromatic nitrogens is 2. The van der Waals surface area contributed by atoms with Gasteiger partial charge in [0.25, 0.3) is 5.91 Å². The van der Waals surface area contributed by atoms with Gasteiger partial charge in [-0.2, -0.15) is 0 Å². The Morgan fingerprint density at radius 2 is 1.54 bits per heavy atom. The number of rotatable bonds is 4. The molecule has 8 nitrogen and oxygen atoms in total. The van der Waals surface area contributed by atoms with Gasteiger partial charge in [-0.15, -0.1) is 0 Å². The van der Waals surface area contributed by atoms with Crippen molar-refractivity contribution in [3.05, 3.63) is 52.4 Å². The summed E-state index contributed by atoms with van der Waals surface area (Å²) in [7, 11) is 3.13. The Balaban J connectivity index is 1.47. The number of H-pyrrole nitrogens is 2. The van der Waals surface area contributed by atoms with Crippen molar-refractivity contribution < 1.29 is 14.3 Å². The molecule has 1 aliphatic heterocycles. The van der Waals surface area contributed by atoms with Crippen LogP contribution in [-0.4, -0.2) is 61.2 Å². The minimum absolute atomic E-state index is 0.0396. The fraction of sp³-hybridized carbons (Fsp3) is 0.300. The van der Waals surface area contributed by atoms with E-state index in [4.69, 9.17) is 9.47 Å². The molecule has 0 atom stereocenters. The van der Waals surface area contributed by atoms with E-state index in [1.165, 1.54) is 0 Å². The summed E-state index contributed by atoms with van der Waals surface area (Å²) in [4.78, 5) is 33.9. The van der Waals surface area contributed by atoms with Crippen LogP contribution in [0.5, 0.6) is 11.5 Å². The van der Waals surface area contributed by atoms with Crippen LogP contribution >= 0.6 is 0 Å². The Morgan fingerprint density at radius 1 is 0.893 bits per heavy atom. The van der Waals surface area contributed by atoms with E-state index in [1.54, 1.807) is 32.4 Å². The zero-order chi connectivity index (χ0) is 19.7. The van der Waals surface area contributed by atoms with Gasteiger partial charge in [-0.25, -0.2) is 4.79 Å². The Bertz CT molecular complexity index is 1040. The second-order valence-electron chi connectivity index (χ2n) is 6.69. The molecule has 2 heterocycles. The summed E-state index contributed by atoms with van der Waals surface area (Å²) in [5.41, 5.74) is 2.93. The predicted octanol–water partition coefficient (Wildman–Crippen LogP) is 1.84. The molecular weight excluding hydrogens is 360 g/mol. The van der Waals surface area contributed by atoms with Gasteiger partial charge < -0.3 is 29.2 Å². The molecule has 3 aromatic rings. The molecular formula is C20H22N4O4. The first-order chi connectivity index (χ1) is 13.6. The maximum atomic E-state index is 12.9. The average Bonchev–Trinajstić information content (AvgIpc) is 3.12. The number of piperazine rings is 1. The number of ether oxygens (including phenoxy) is 2. The number of fused-ring (bicyclic) bond motifs is 1. The van der Waals surface area contributed by atoms with Gasteiger partial charge in [0.2, 0.25) is 0 Å². The van der Waals surface area contributed by atoms with Crippen LogP contribution in [-0.2, 0) is 0 Å². The van der Waals surface area contributed by atoms with Crippen LogP contribution in [0.15, 0.2) is 41.2 Å². The molecule has 8 heteroatoms. The van der Waals surface area contributed by atoms with Crippen LogP contribution in [0.3, 0.4) is 0 Å². The van der Waals surface area contributed by atoms with Crippen molar-refractivity contribution in [1.29, 1.82) is 0 Å². The Kier molecular flexibility index (Phi) is 4.68. The molecule has 2 aromatic carbocycles. The maximum Gasteiger partial charge on any atom is 0.323 e. The highest BCUT2D eigenvalue weighted by Gasteiger charge is 2.23. The lowest BCUT2D eigenvalue weighted by Gasteiger charge is -2.36. The molecule has 146 valence electrons. The summed E-state index contributed by atoms with van der Waals surface area (Å²) in [6, 6.07) is 11.0. The third-order valence-electron chi connectivity index (χ3n) is 5.03. The number of hydrogen-bond acceptors (Lipinski definition) is 5. The van der Waals surface area contributed by atoms with Crippen molar-refractivity contribution in [3.63, 3.8) is 0 Å². The quantitative estimate of drug-likeness (QED) is 0.719.